The third-order valence-corrected chi connectivity index (χ3v) is 6.39. The van der Waals surface area contributed by atoms with Crippen molar-refractivity contribution in [3.63, 3.8) is 0 Å². The first-order valence-corrected chi connectivity index (χ1v) is 10.6. The van der Waals surface area contributed by atoms with Gasteiger partial charge in [0, 0.05) is 31.2 Å². The quantitative estimate of drug-likeness (QED) is 0.416. The van der Waals surface area contributed by atoms with Crippen LogP contribution in [0.1, 0.15) is 16.1 Å². The van der Waals surface area contributed by atoms with E-state index in [1.807, 2.05) is 13.0 Å². The lowest BCUT2D eigenvalue weighted by Gasteiger charge is -2.28. The van der Waals surface area contributed by atoms with Crippen LogP contribution in [0.2, 0.25) is 5.02 Å². The number of halogens is 1. The first-order valence-electron chi connectivity index (χ1n) is 9.36. The van der Waals surface area contributed by atoms with Crippen molar-refractivity contribution in [3.8, 4) is 0 Å². The number of hydrogen-bond acceptors (Lipinski definition) is 8. The highest BCUT2D eigenvalue weighted by molar-refractivity contribution is 7.22. The lowest BCUT2D eigenvalue weighted by atomic mass is 10.2. The Kier molecular flexibility index (Phi) is 6.00. The fourth-order valence-electron chi connectivity index (χ4n) is 3.23. The minimum atomic E-state index is -0.669. The largest absolute Gasteiger partial charge is 0.433 e. The summed E-state index contributed by atoms with van der Waals surface area (Å²) in [7, 11) is 0. The number of nitro groups is 1. The van der Waals surface area contributed by atoms with Gasteiger partial charge in [-0.2, -0.15) is 0 Å². The second-order valence-electron chi connectivity index (χ2n) is 6.82. The maximum absolute atomic E-state index is 13.2. The van der Waals surface area contributed by atoms with Crippen molar-refractivity contribution in [1.29, 1.82) is 0 Å². The minimum Gasteiger partial charge on any atom is -0.395 e. The van der Waals surface area contributed by atoms with Gasteiger partial charge in [0.1, 0.15) is 4.92 Å². The molecule has 1 aliphatic rings. The van der Waals surface area contributed by atoms with Gasteiger partial charge in [0.2, 0.25) is 0 Å². The highest BCUT2D eigenvalue weighted by Gasteiger charge is 2.27. The molecule has 1 aromatic carbocycles. The number of anilines is 1. The van der Waals surface area contributed by atoms with Crippen LogP contribution in [0.15, 0.2) is 28.7 Å². The van der Waals surface area contributed by atoms with E-state index in [2.05, 4.69) is 9.88 Å². The molecule has 2 aromatic heterocycles. The van der Waals surface area contributed by atoms with Gasteiger partial charge in [0.05, 0.1) is 29.5 Å². The van der Waals surface area contributed by atoms with Gasteiger partial charge in [-0.25, -0.2) is 4.98 Å². The number of fused-ring (bicyclic) bond motifs is 1. The number of ether oxygens (including phenoxy) is 1. The zero-order valence-electron chi connectivity index (χ0n) is 16.2. The van der Waals surface area contributed by atoms with Crippen molar-refractivity contribution < 1.29 is 18.9 Å². The van der Waals surface area contributed by atoms with Crippen molar-refractivity contribution in [2.75, 3.05) is 44.3 Å². The Hall–Kier alpha value is -2.53. The topological polar surface area (TPSA) is 102 Å². The molecule has 3 heterocycles. The summed E-state index contributed by atoms with van der Waals surface area (Å²) in [6, 6.07) is 6.17. The van der Waals surface area contributed by atoms with Gasteiger partial charge in [-0.15, -0.1) is 0 Å². The number of rotatable bonds is 6. The first-order chi connectivity index (χ1) is 14.4. The van der Waals surface area contributed by atoms with Gasteiger partial charge in [-0.3, -0.25) is 24.7 Å². The molecule has 0 radical (unpaired) electrons. The van der Waals surface area contributed by atoms with Gasteiger partial charge in [-0.1, -0.05) is 22.9 Å². The van der Waals surface area contributed by atoms with Crippen LogP contribution in [0.3, 0.4) is 0 Å². The highest BCUT2D eigenvalue weighted by Crippen LogP contribution is 2.34. The number of thiazole rings is 1. The predicted octanol–water partition coefficient (Wildman–Crippen LogP) is 3.74. The number of aryl methyl sites for hydroxylation is 1. The van der Waals surface area contributed by atoms with E-state index >= 15 is 0 Å². The molecule has 30 heavy (non-hydrogen) atoms. The summed E-state index contributed by atoms with van der Waals surface area (Å²) in [5, 5.41) is 12.0. The summed E-state index contributed by atoms with van der Waals surface area (Å²) in [5.41, 5.74) is 1.57. The van der Waals surface area contributed by atoms with Crippen LogP contribution in [0.25, 0.3) is 10.2 Å². The zero-order valence-corrected chi connectivity index (χ0v) is 17.7. The van der Waals surface area contributed by atoms with Gasteiger partial charge in [-0.05, 0) is 30.7 Å². The highest BCUT2D eigenvalue weighted by atomic mass is 35.5. The molecule has 9 nitrogen and oxygen atoms in total. The van der Waals surface area contributed by atoms with E-state index in [0.717, 1.165) is 28.9 Å². The maximum Gasteiger partial charge on any atom is 0.433 e. The van der Waals surface area contributed by atoms with Crippen LogP contribution in [0.4, 0.5) is 11.0 Å². The summed E-state index contributed by atoms with van der Waals surface area (Å²) in [6.45, 7) is 5.72. The summed E-state index contributed by atoms with van der Waals surface area (Å²) in [6.07, 6.45) is 0. The molecule has 11 heteroatoms. The van der Waals surface area contributed by atoms with Crippen molar-refractivity contribution in [2.45, 2.75) is 6.92 Å². The molecule has 1 fully saturated rings. The third kappa shape index (κ3) is 4.17. The molecule has 158 valence electrons. The minimum absolute atomic E-state index is 0.0994. The van der Waals surface area contributed by atoms with E-state index in [1.54, 1.807) is 6.07 Å². The summed E-state index contributed by atoms with van der Waals surface area (Å²) in [5.74, 6) is -1.05. The van der Waals surface area contributed by atoms with Gasteiger partial charge < -0.3 is 9.15 Å². The number of amides is 1. The smallest absolute Gasteiger partial charge is 0.395 e. The molecule has 0 N–H and O–H groups in total. The number of carbonyl (C=O) groups is 1. The predicted molar refractivity (Wildman–Crippen MR) is 114 cm³/mol. The second-order valence-corrected chi connectivity index (χ2v) is 8.24. The summed E-state index contributed by atoms with van der Waals surface area (Å²) >= 11 is 7.58. The number of nitrogens with zero attached hydrogens (tertiary/aromatic N) is 4. The van der Waals surface area contributed by atoms with E-state index in [0.29, 0.717) is 36.5 Å². The van der Waals surface area contributed by atoms with Crippen LogP contribution in [0, 0.1) is 17.0 Å². The summed E-state index contributed by atoms with van der Waals surface area (Å²) < 4.78 is 11.4. The molecular weight excluding hydrogens is 432 g/mol. The van der Waals surface area contributed by atoms with Crippen LogP contribution >= 0.6 is 22.9 Å². The lowest BCUT2D eigenvalue weighted by Crippen LogP contribution is -2.43. The number of benzene rings is 1. The SMILES string of the molecule is Cc1c(Cl)ccc2sc(N(CCN3CCOCC3)C(=O)c3ccc([N+](=O)[O-])o3)nc12. The second kappa shape index (κ2) is 8.68. The van der Waals surface area contributed by atoms with Gasteiger partial charge in [0.25, 0.3) is 5.91 Å². The van der Waals surface area contributed by atoms with Crippen LogP contribution in [-0.2, 0) is 4.74 Å². The van der Waals surface area contributed by atoms with E-state index in [9.17, 15) is 14.9 Å². The molecule has 4 rings (SSSR count). The van der Waals surface area contributed by atoms with Crippen LogP contribution in [-0.4, -0.2) is 60.1 Å². The molecule has 0 atom stereocenters. The number of aromatic nitrogens is 1. The number of carbonyl (C=O) groups excluding carboxylic acids is 1. The van der Waals surface area contributed by atoms with Crippen molar-refractivity contribution in [3.05, 3.63) is 50.7 Å². The average molecular weight is 451 g/mol. The Balaban J connectivity index is 1.66. The van der Waals surface area contributed by atoms with Crippen LogP contribution < -0.4 is 4.90 Å². The molecule has 0 unspecified atom stereocenters. The molecule has 1 saturated heterocycles. The molecule has 3 aromatic rings. The Morgan fingerprint density at radius 1 is 1.33 bits per heavy atom. The zero-order chi connectivity index (χ0) is 21.3. The normalized spacial score (nSPS) is 14.9. The Morgan fingerprint density at radius 2 is 2.10 bits per heavy atom. The molecule has 0 spiro atoms. The third-order valence-electron chi connectivity index (χ3n) is 4.94. The standard InChI is InChI=1S/C19H19ClN4O5S/c1-12-13(20)2-4-15-17(12)21-19(30-15)23(7-6-22-8-10-28-11-9-22)18(25)14-3-5-16(29-14)24(26)27/h2-5H,6-11H2,1H3. The van der Waals surface area contributed by atoms with Gasteiger partial charge >= 0.3 is 5.88 Å². The van der Waals surface area contributed by atoms with E-state index in [-0.39, 0.29) is 5.76 Å². The molecule has 0 saturated carbocycles. The molecule has 0 bridgehead atoms. The van der Waals surface area contributed by atoms with Crippen molar-refractivity contribution in [2.24, 2.45) is 0 Å². The molecule has 1 aliphatic heterocycles. The fraction of sp³-hybridized carbons (Fsp3) is 0.368. The molecule has 0 aliphatic carbocycles. The Bertz CT molecular complexity index is 1090. The molecular formula is C19H19ClN4O5S. The van der Waals surface area contributed by atoms with Crippen molar-refractivity contribution in [1.82, 2.24) is 9.88 Å². The summed E-state index contributed by atoms with van der Waals surface area (Å²) in [4.78, 5) is 31.8. The first kappa shape index (κ1) is 20.7. The van der Waals surface area contributed by atoms with Gasteiger partial charge in [0.15, 0.2) is 10.9 Å². The monoisotopic (exact) mass is 450 g/mol. The maximum atomic E-state index is 13.2. The Morgan fingerprint density at radius 3 is 2.80 bits per heavy atom. The average Bonchev–Trinajstić information content (AvgIpc) is 3.40. The van der Waals surface area contributed by atoms with Crippen LogP contribution in [0.5, 0.6) is 0 Å². The van der Waals surface area contributed by atoms with Crippen molar-refractivity contribution >= 4 is 50.1 Å². The number of furan rings is 1. The van der Waals surface area contributed by atoms with E-state index in [1.165, 1.54) is 28.4 Å². The lowest BCUT2D eigenvalue weighted by molar-refractivity contribution is -0.402. The molecule has 1 amide bonds. The number of hydrogen-bond donors (Lipinski definition) is 0. The number of morpholine rings is 1. The fourth-order valence-corrected chi connectivity index (χ4v) is 4.43. The van der Waals surface area contributed by atoms with E-state index in [4.69, 9.17) is 20.8 Å². The Labute approximate surface area is 180 Å². The van der Waals surface area contributed by atoms with E-state index < -0.39 is 16.7 Å².